The molecule has 1 aromatic rings. The summed E-state index contributed by atoms with van der Waals surface area (Å²) in [5.41, 5.74) is 0.658. The highest BCUT2D eigenvalue weighted by atomic mass is 16.5. The second-order valence-electron chi connectivity index (χ2n) is 7.07. The first-order chi connectivity index (χ1) is 13.7. The second-order valence-corrected chi connectivity index (χ2v) is 7.07. The van der Waals surface area contributed by atoms with Crippen LogP contribution in [0.15, 0.2) is 23.3 Å². The molecule has 158 valence electrons. The fourth-order valence-corrected chi connectivity index (χ4v) is 3.04. The molecule has 0 aliphatic carbocycles. The van der Waals surface area contributed by atoms with Crippen LogP contribution in [0.5, 0.6) is 11.5 Å². The lowest BCUT2D eigenvalue weighted by atomic mass is 10.2. The molecule has 0 radical (unpaired) electrons. The van der Waals surface area contributed by atoms with Crippen LogP contribution in [0.4, 0.5) is 4.79 Å². The number of amides is 4. The summed E-state index contributed by atoms with van der Waals surface area (Å²) in [5, 5.41) is 7.20. The first-order valence-corrected chi connectivity index (χ1v) is 9.59. The normalized spacial score (nSPS) is 14.1. The molecule has 0 spiro atoms. The zero-order valence-corrected chi connectivity index (χ0v) is 17.5. The van der Waals surface area contributed by atoms with Crippen molar-refractivity contribution in [2.75, 3.05) is 19.8 Å². The smallest absolute Gasteiger partial charge is 0.344 e. The van der Waals surface area contributed by atoms with Crippen LogP contribution in [0.2, 0.25) is 0 Å². The highest BCUT2D eigenvalue weighted by Gasteiger charge is 2.26. The van der Waals surface area contributed by atoms with Crippen LogP contribution >= 0.6 is 0 Å². The van der Waals surface area contributed by atoms with Gasteiger partial charge in [-0.25, -0.2) is 9.80 Å². The van der Waals surface area contributed by atoms with E-state index in [0.29, 0.717) is 23.7 Å². The average Bonchev–Trinajstić information content (AvgIpc) is 2.96. The molecule has 2 rings (SSSR count). The molecule has 1 fully saturated rings. The van der Waals surface area contributed by atoms with E-state index in [9.17, 15) is 14.4 Å². The summed E-state index contributed by atoms with van der Waals surface area (Å²) in [6, 6.07) is 4.70. The summed E-state index contributed by atoms with van der Waals surface area (Å²) in [6.45, 7) is 9.90. The van der Waals surface area contributed by atoms with E-state index in [2.05, 4.69) is 10.4 Å². The summed E-state index contributed by atoms with van der Waals surface area (Å²) in [7, 11) is 0. The van der Waals surface area contributed by atoms with Gasteiger partial charge in [-0.1, -0.05) is 0 Å². The highest BCUT2D eigenvalue weighted by molar-refractivity contribution is 6.02. The van der Waals surface area contributed by atoms with Gasteiger partial charge in [0.25, 0.3) is 5.91 Å². The van der Waals surface area contributed by atoms with Gasteiger partial charge in [0.2, 0.25) is 5.91 Å². The molecule has 9 heteroatoms. The summed E-state index contributed by atoms with van der Waals surface area (Å²) < 4.78 is 11.3. The fraction of sp³-hybridized carbons (Fsp3) is 0.500. The first-order valence-electron chi connectivity index (χ1n) is 9.59. The Morgan fingerprint density at radius 1 is 1.21 bits per heavy atom. The lowest BCUT2D eigenvalue weighted by Crippen LogP contribution is -2.44. The topological polar surface area (TPSA) is 101 Å². The van der Waals surface area contributed by atoms with E-state index in [1.165, 1.54) is 6.21 Å². The summed E-state index contributed by atoms with van der Waals surface area (Å²) in [4.78, 5) is 37.0. The Bertz CT molecular complexity index is 783. The quantitative estimate of drug-likeness (QED) is 0.501. The van der Waals surface area contributed by atoms with Gasteiger partial charge < -0.3 is 14.4 Å². The van der Waals surface area contributed by atoms with E-state index in [-0.39, 0.29) is 31.1 Å². The number of nitrogens with one attached hydrogen (secondary N) is 1. The van der Waals surface area contributed by atoms with Gasteiger partial charge in [0, 0.05) is 12.1 Å². The third-order valence-corrected chi connectivity index (χ3v) is 4.14. The maximum Gasteiger partial charge on any atom is 0.344 e. The number of hydrogen-bond acceptors (Lipinski definition) is 6. The maximum atomic E-state index is 12.5. The van der Waals surface area contributed by atoms with Gasteiger partial charge in [0.15, 0.2) is 18.1 Å². The Morgan fingerprint density at radius 2 is 1.90 bits per heavy atom. The molecule has 1 aromatic carbocycles. The molecule has 0 saturated carbocycles. The number of hydrazone groups is 1. The van der Waals surface area contributed by atoms with E-state index in [1.807, 2.05) is 34.6 Å². The molecule has 1 aliphatic rings. The molecule has 0 aromatic heterocycles. The van der Waals surface area contributed by atoms with Crippen LogP contribution in [-0.2, 0) is 9.59 Å². The van der Waals surface area contributed by atoms with Gasteiger partial charge >= 0.3 is 6.03 Å². The number of benzene rings is 1. The molecule has 4 amide bonds. The second kappa shape index (κ2) is 9.90. The summed E-state index contributed by atoms with van der Waals surface area (Å²) >= 11 is 0. The maximum absolute atomic E-state index is 12.5. The van der Waals surface area contributed by atoms with Crippen molar-refractivity contribution in [2.45, 2.75) is 46.7 Å². The van der Waals surface area contributed by atoms with Gasteiger partial charge in [-0.05, 0) is 58.4 Å². The molecule has 9 nitrogen and oxygen atoms in total. The largest absolute Gasteiger partial charge is 0.490 e. The van der Waals surface area contributed by atoms with E-state index in [1.54, 1.807) is 23.1 Å². The third-order valence-electron chi connectivity index (χ3n) is 4.14. The number of rotatable bonds is 9. The summed E-state index contributed by atoms with van der Waals surface area (Å²) in [5.74, 6) is 0.408. The van der Waals surface area contributed by atoms with Crippen molar-refractivity contribution in [1.29, 1.82) is 0 Å². The Morgan fingerprint density at radius 3 is 2.45 bits per heavy atom. The Balaban J connectivity index is 2.10. The van der Waals surface area contributed by atoms with Crippen molar-refractivity contribution in [2.24, 2.45) is 5.10 Å². The minimum atomic E-state index is -0.561. The molecule has 0 atom stereocenters. The van der Waals surface area contributed by atoms with E-state index in [4.69, 9.17) is 9.47 Å². The Hall–Kier alpha value is -3.10. The molecule has 1 heterocycles. The standard InChI is InChI=1S/C20H28N4O5/c1-6-28-17-9-15(10-21-23-11-18(25)22-20(23)27)7-8-16(17)29-12-19(26)24(13(2)3)14(4)5/h7-10,13-14H,6,11-12H2,1-5H3,(H,22,25,27)/b21-10-. The van der Waals surface area contributed by atoms with Crippen LogP contribution < -0.4 is 14.8 Å². The van der Waals surface area contributed by atoms with Crippen molar-refractivity contribution in [3.05, 3.63) is 23.8 Å². The van der Waals surface area contributed by atoms with Crippen LogP contribution in [0.3, 0.4) is 0 Å². The van der Waals surface area contributed by atoms with Crippen LogP contribution in [0.1, 0.15) is 40.2 Å². The van der Waals surface area contributed by atoms with Crippen molar-refractivity contribution >= 4 is 24.1 Å². The lowest BCUT2D eigenvalue weighted by molar-refractivity contribution is -0.137. The number of ether oxygens (including phenoxy) is 2. The zero-order valence-electron chi connectivity index (χ0n) is 17.5. The predicted molar refractivity (Wildman–Crippen MR) is 108 cm³/mol. The van der Waals surface area contributed by atoms with Crippen LogP contribution in [-0.4, -0.2) is 65.8 Å². The highest BCUT2D eigenvalue weighted by Crippen LogP contribution is 2.28. The number of imide groups is 1. The lowest BCUT2D eigenvalue weighted by Gasteiger charge is -2.30. The van der Waals surface area contributed by atoms with E-state index < -0.39 is 11.9 Å². The molecule has 1 N–H and O–H groups in total. The van der Waals surface area contributed by atoms with Crippen molar-refractivity contribution in [3.8, 4) is 11.5 Å². The Labute approximate surface area is 170 Å². The molecule has 1 aliphatic heterocycles. The summed E-state index contributed by atoms with van der Waals surface area (Å²) in [6.07, 6.45) is 1.45. The van der Waals surface area contributed by atoms with Crippen molar-refractivity contribution in [1.82, 2.24) is 15.2 Å². The van der Waals surface area contributed by atoms with Crippen LogP contribution in [0, 0.1) is 0 Å². The van der Waals surface area contributed by atoms with Crippen LogP contribution in [0.25, 0.3) is 0 Å². The fourth-order valence-electron chi connectivity index (χ4n) is 3.04. The van der Waals surface area contributed by atoms with E-state index >= 15 is 0 Å². The van der Waals surface area contributed by atoms with Gasteiger partial charge in [0.05, 0.1) is 12.8 Å². The van der Waals surface area contributed by atoms with Gasteiger partial charge in [-0.2, -0.15) is 5.10 Å². The Kier molecular flexibility index (Phi) is 7.58. The molecule has 0 bridgehead atoms. The van der Waals surface area contributed by atoms with Gasteiger partial charge in [-0.15, -0.1) is 0 Å². The predicted octanol–water partition coefficient (Wildman–Crippen LogP) is 2.00. The number of carbonyl (C=O) groups is 3. The third kappa shape index (κ3) is 5.94. The SMILES string of the molecule is CCOc1cc(/C=N\N2CC(=O)NC2=O)ccc1OCC(=O)N(C(C)C)C(C)C. The molecule has 1 saturated heterocycles. The number of hydrogen-bond donors (Lipinski definition) is 1. The van der Waals surface area contributed by atoms with Gasteiger partial charge in [-0.3, -0.25) is 14.9 Å². The van der Waals surface area contributed by atoms with Crippen molar-refractivity contribution < 1.29 is 23.9 Å². The van der Waals surface area contributed by atoms with Crippen molar-refractivity contribution in [3.63, 3.8) is 0 Å². The van der Waals surface area contributed by atoms with E-state index in [0.717, 1.165) is 5.01 Å². The monoisotopic (exact) mass is 404 g/mol. The number of urea groups is 1. The minimum absolute atomic E-state index is 0.0747. The first kappa shape index (κ1) is 22.2. The molecule has 29 heavy (non-hydrogen) atoms. The number of nitrogens with zero attached hydrogens (tertiary/aromatic N) is 3. The average molecular weight is 404 g/mol. The molecular formula is C20H28N4O5. The number of carbonyl (C=O) groups excluding carboxylic acids is 3. The zero-order chi connectivity index (χ0) is 21.6. The molecular weight excluding hydrogens is 376 g/mol. The van der Waals surface area contributed by atoms with Gasteiger partial charge in [0.1, 0.15) is 6.54 Å². The molecule has 0 unspecified atom stereocenters. The minimum Gasteiger partial charge on any atom is -0.490 e.